The number of urea groups is 1. The van der Waals surface area contributed by atoms with Crippen molar-refractivity contribution in [3.8, 4) is 0 Å². The summed E-state index contributed by atoms with van der Waals surface area (Å²) in [5.41, 5.74) is -0.312. The summed E-state index contributed by atoms with van der Waals surface area (Å²) in [7, 11) is 0. The van der Waals surface area contributed by atoms with Crippen LogP contribution in [0.4, 0.5) is 4.79 Å². The maximum absolute atomic E-state index is 12.1. The molecule has 2 amide bonds. The van der Waals surface area contributed by atoms with Crippen molar-refractivity contribution in [1.29, 1.82) is 0 Å². The van der Waals surface area contributed by atoms with Crippen molar-refractivity contribution in [2.75, 3.05) is 6.54 Å². The van der Waals surface area contributed by atoms with Crippen LogP contribution >= 0.6 is 0 Å². The number of hydrogen-bond acceptors (Lipinski definition) is 3. The van der Waals surface area contributed by atoms with Gasteiger partial charge in [-0.05, 0) is 32.6 Å². The normalized spacial score (nSPS) is 28.3. The highest BCUT2D eigenvalue weighted by molar-refractivity contribution is 5.83. The van der Waals surface area contributed by atoms with E-state index in [1.807, 2.05) is 13.8 Å². The molecule has 0 radical (unpaired) electrons. The zero-order valence-corrected chi connectivity index (χ0v) is 10.7. The van der Waals surface area contributed by atoms with Crippen LogP contribution in [-0.2, 0) is 4.79 Å². The number of hydrogen-bond donors (Lipinski definition) is 3. The molecule has 2 rings (SSSR count). The Hall–Kier alpha value is -1.30. The van der Waals surface area contributed by atoms with Gasteiger partial charge in [-0.3, -0.25) is 0 Å². The number of nitrogens with zero attached hydrogens (tertiary/aromatic N) is 1. The maximum Gasteiger partial charge on any atom is 0.326 e. The average molecular weight is 256 g/mol. The predicted molar refractivity (Wildman–Crippen MR) is 64.1 cm³/mol. The molecule has 1 aliphatic carbocycles. The maximum atomic E-state index is 12.1. The molecular weight excluding hydrogens is 236 g/mol. The zero-order valence-electron chi connectivity index (χ0n) is 10.7. The first-order valence-corrected chi connectivity index (χ1v) is 6.31. The van der Waals surface area contributed by atoms with E-state index in [1.165, 1.54) is 4.90 Å². The number of aliphatic hydroxyl groups excluding tert-OH is 1. The van der Waals surface area contributed by atoms with E-state index >= 15 is 0 Å². The van der Waals surface area contributed by atoms with Gasteiger partial charge < -0.3 is 20.4 Å². The molecule has 6 nitrogen and oxygen atoms in total. The number of carboxylic acids is 1. The molecule has 0 unspecified atom stereocenters. The first-order valence-electron chi connectivity index (χ1n) is 6.31. The molecule has 0 aromatic carbocycles. The smallest absolute Gasteiger partial charge is 0.326 e. The number of likely N-dealkylation sites (tertiary alicyclic amines) is 1. The molecule has 1 aliphatic heterocycles. The molecule has 6 heteroatoms. The van der Waals surface area contributed by atoms with E-state index in [0.29, 0.717) is 5.92 Å². The molecule has 2 atom stereocenters. The van der Waals surface area contributed by atoms with Gasteiger partial charge in [0.15, 0.2) is 0 Å². The number of aliphatic hydroxyl groups is 1. The molecule has 2 aliphatic rings. The number of aliphatic carboxylic acids is 1. The summed E-state index contributed by atoms with van der Waals surface area (Å²) in [5.74, 6) is -0.594. The lowest BCUT2D eigenvalue weighted by atomic mass is 9.99. The van der Waals surface area contributed by atoms with Gasteiger partial charge in [-0.2, -0.15) is 0 Å². The van der Waals surface area contributed by atoms with Crippen LogP contribution in [0.1, 0.15) is 33.1 Å². The van der Waals surface area contributed by atoms with Crippen molar-refractivity contribution in [3.05, 3.63) is 0 Å². The Morgan fingerprint density at radius 2 is 1.94 bits per heavy atom. The summed E-state index contributed by atoms with van der Waals surface area (Å²) in [4.78, 5) is 24.4. The lowest BCUT2D eigenvalue weighted by Crippen LogP contribution is -2.53. The standard InChI is InChI=1S/C12H20N2O4/c1-12(2,7-3-4-7)13-11(18)14-6-8(15)5-9(14)10(16)17/h7-9,15H,3-6H2,1-2H3,(H,13,18)(H,16,17)/t8-,9-/m0/s1. The van der Waals surface area contributed by atoms with Gasteiger partial charge in [-0.25, -0.2) is 9.59 Å². The number of carboxylic acid groups (broad SMARTS) is 1. The Balaban J connectivity index is 2.01. The van der Waals surface area contributed by atoms with Gasteiger partial charge in [0.2, 0.25) is 0 Å². The van der Waals surface area contributed by atoms with Crippen molar-refractivity contribution in [1.82, 2.24) is 10.2 Å². The lowest BCUT2D eigenvalue weighted by Gasteiger charge is -2.30. The third kappa shape index (κ3) is 2.58. The summed E-state index contributed by atoms with van der Waals surface area (Å²) < 4.78 is 0. The molecule has 3 N–H and O–H groups in total. The van der Waals surface area contributed by atoms with Crippen LogP contribution < -0.4 is 5.32 Å². The SMILES string of the molecule is CC(C)(NC(=O)N1C[C@@H](O)C[C@H]1C(=O)O)C1CC1. The highest BCUT2D eigenvalue weighted by atomic mass is 16.4. The second kappa shape index (κ2) is 4.42. The van der Waals surface area contributed by atoms with E-state index in [-0.39, 0.29) is 18.5 Å². The van der Waals surface area contributed by atoms with Crippen molar-refractivity contribution in [2.45, 2.75) is 50.8 Å². The molecule has 0 spiro atoms. The van der Waals surface area contributed by atoms with E-state index in [2.05, 4.69) is 5.32 Å². The summed E-state index contributed by atoms with van der Waals surface area (Å²) in [5, 5.41) is 21.4. The number of carbonyl (C=O) groups is 2. The molecular formula is C12H20N2O4. The van der Waals surface area contributed by atoms with E-state index in [1.54, 1.807) is 0 Å². The highest BCUT2D eigenvalue weighted by Gasteiger charge is 2.43. The second-order valence-electron chi connectivity index (χ2n) is 5.82. The molecule has 102 valence electrons. The minimum absolute atomic E-state index is 0.0869. The largest absolute Gasteiger partial charge is 0.480 e. The van der Waals surface area contributed by atoms with Crippen molar-refractivity contribution < 1.29 is 19.8 Å². The monoisotopic (exact) mass is 256 g/mol. The number of carbonyl (C=O) groups excluding carboxylic acids is 1. The minimum atomic E-state index is -1.06. The van der Waals surface area contributed by atoms with Crippen LogP contribution in [0.5, 0.6) is 0 Å². The topological polar surface area (TPSA) is 89.9 Å². The van der Waals surface area contributed by atoms with Crippen LogP contribution in [0.2, 0.25) is 0 Å². The predicted octanol–water partition coefficient (Wildman–Crippen LogP) is 0.404. The molecule has 1 saturated carbocycles. The fraction of sp³-hybridized carbons (Fsp3) is 0.833. The first-order chi connectivity index (χ1) is 8.31. The van der Waals surface area contributed by atoms with E-state index in [4.69, 9.17) is 5.11 Å². The van der Waals surface area contributed by atoms with Crippen molar-refractivity contribution in [2.24, 2.45) is 5.92 Å². The number of amides is 2. The number of nitrogens with one attached hydrogen (secondary N) is 1. The Bertz CT molecular complexity index is 365. The van der Waals surface area contributed by atoms with Crippen LogP contribution in [0.3, 0.4) is 0 Å². The highest BCUT2D eigenvalue weighted by Crippen LogP contribution is 2.39. The number of β-amino-alcohol motifs (C(OH)–C–C–N with tert-alkyl or cyclic N) is 1. The molecule has 0 aromatic rings. The van der Waals surface area contributed by atoms with Crippen molar-refractivity contribution in [3.63, 3.8) is 0 Å². The van der Waals surface area contributed by atoms with Crippen LogP contribution in [0.15, 0.2) is 0 Å². The third-order valence-electron chi connectivity index (χ3n) is 3.85. The molecule has 0 bridgehead atoms. The van der Waals surface area contributed by atoms with Crippen LogP contribution in [0, 0.1) is 5.92 Å². The summed E-state index contributed by atoms with van der Waals surface area (Å²) in [6.07, 6.45) is 1.55. The van der Waals surface area contributed by atoms with Gasteiger partial charge in [-0.1, -0.05) is 0 Å². The molecule has 2 fully saturated rings. The van der Waals surface area contributed by atoms with Crippen LogP contribution in [0.25, 0.3) is 0 Å². The molecule has 1 saturated heterocycles. The van der Waals surface area contributed by atoms with Gasteiger partial charge in [0.05, 0.1) is 6.10 Å². The second-order valence-corrected chi connectivity index (χ2v) is 5.82. The van der Waals surface area contributed by atoms with Crippen LogP contribution in [-0.4, -0.2) is 51.3 Å². The van der Waals surface area contributed by atoms with Gasteiger partial charge in [-0.15, -0.1) is 0 Å². The quantitative estimate of drug-likeness (QED) is 0.682. The third-order valence-corrected chi connectivity index (χ3v) is 3.85. The Morgan fingerprint density at radius 1 is 1.33 bits per heavy atom. The average Bonchev–Trinajstić information content (AvgIpc) is 3.01. The number of rotatable bonds is 3. The van der Waals surface area contributed by atoms with Gasteiger partial charge in [0.25, 0.3) is 0 Å². The summed E-state index contributed by atoms with van der Waals surface area (Å²) in [6.45, 7) is 3.99. The van der Waals surface area contributed by atoms with Crippen molar-refractivity contribution >= 4 is 12.0 Å². The summed E-state index contributed by atoms with van der Waals surface area (Å²) in [6, 6.07) is -1.31. The van der Waals surface area contributed by atoms with E-state index < -0.39 is 24.1 Å². The van der Waals surface area contributed by atoms with Gasteiger partial charge >= 0.3 is 12.0 Å². The molecule has 0 aromatic heterocycles. The summed E-state index contributed by atoms with van der Waals surface area (Å²) >= 11 is 0. The molecule has 1 heterocycles. The lowest BCUT2D eigenvalue weighted by molar-refractivity contribution is -0.141. The molecule has 18 heavy (non-hydrogen) atoms. The fourth-order valence-corrected chi connectivity index (χ4v) is 2.53. The van der Waals surface area contributed by atoms with Gasteiger partial charge in [0, 0.05) is 18.5 Å². The minimum Gasteiger partial charge on any atom is -0.480 e. The fourth-order valence-electron chi connectivity index (χ4n) is 2.53. The van der Waals surface area contributed by atoms with E-state index in [0.717, 1.165) is 12.8 Å². The van der Waals surface area contributed by atoms with Gasteiger partial charge in [0.1, 0.15) is 6.04 Å². The Labute approximate surface area is 106 Å². The first kappa shape index (κ1) is 13.1. The Kier molecular flexibility index (Phi) is 3.23. The van der Waals surface area contributed by atoms with E-state index in [9.17, 15) is 14.7 Å². The zero-order chi connectivity index (χ0) is 13.5. The Morgan fingerprint density at radius 3 is 2.44 bits per heavy atom.